The van der Waals surface area contributed by atoms with Gasteiger partial charge in [-0.15, -0.1) is 0 Å². The molecule has 7 rings (SSSR count). The fourth-order valence-electron chi connectivity index (χ4n) is 7.30. The molecule has 2 aromatic heterocycles. The standard InChI is InChI=1S/C37H38Cl2F2N4O4/c1-47-14-2-3-23-15-22(29(38)18-42-23)19-45(25-7-8-25)37(46)34-28(16-24-6-13-32(34)43-24)21-4-9-26(10-5-21)48-20-27-17-33(44-49-27)35-30(40)11-12-31(41)36(35)39/h4-5,9-12,15,17-18,24-25,28,32,34,43H,2-3,6-8,13-14,16,19-20H2,1H3/t24-,28+,32+,34+/m0/s1. The van der Waals surface area contributed by atoms with Gasteiger partial charge < -0.3 is 24.2 Å². The fraction of sp³-hybridized carbons (Fsp3) is 0.432. The van der Waals surface area contributed by atoms with Gasteiger partial charge in [0, 0.05) is 56.3 Å². The number of hydrogen-bond donors (Lipinski definition) is 1. The number of ether oxygens (including phenoxy) is 2. The average molecular weight is 712 g/mol. The van der Waals surface area contributed by atoms with Gasteiger partial charge in [0.25, 0.3) is 0 Å². The van der Waals surface area contributed by atoms with E-state index in [1.165, 1.54) is 6.07 Å². The van der Waals surface area contributed by atoms with Crippen LogP contribution in [0.25, 0.3) is 11.3 Å². The van der Waals surface area contributed by atoms with Crippen molar-refractivity contribution in [2.75, 3.05) is 13.7 Å². The van der Waals surface area contributed by atoms with Crippen molar-refractivity contribution in [1.29, 1.82) is 0 Å². The summed E-state index contributed by atoms with van der Waals surface area (Å²) in [5.74, 6) is -0.477. The largest absolute Gasteiger partial charge is 0.486 e. The van der Waals surface area contributed by atoms with Crippen LogP contribution in [0, 0.1) is 17.6 Å². The molecule has 258 valence electrons. The minimum atomic E-state index is -0.744. The van der Waals surface area contributed by atoms with Crippen molar-refractivity contribution in [2.24, 2.45) is 5.92 Å². The molecule has 12 heteroatoms. The molecule has 0 radical (unpaired) electrons. The monoisotopic (exact) mass is 710 g/mol. The number of halogens is 4. The molecule has 1 N–H and O–H groups in total. The summed E-state index contributed by atoms with van der Waals surface area (Å²) in [6, 6.07) is 14.0. The summed E-state index contributed by atoms with van der Waals surface area (Å²) in [5.41, 5.74) is 2.90. The minimum Gasteiger partial charge on any atom is -0.486 e. The second-order valence-electron chi connectivity index (χ2n) is 13.2. The number of piperidine rings is 1. The summed E-state index contributed by atoms with van der Waals surface area (Å²) in [5, 5.41) is 7.81. The maximum absolute atomic E-state index is 14.6. The van der Waals surface area contributed by atoms with Crippen LogP contribution in [0.1, 0.15) is 67.0 Å². The molecule has 2 aliphatic heterocycles. The number of pyridine rings is 1. The smallest absolute Gasteiger partial charge is 0.228 e. The second kappa shape index (κ2) is 14.7. The SMILES string of the molecule is COCCCc1cc(CN(C(=O)[C@@H]2[C@@H](c3ccc(OCc4cc(-c5c(F)ccc(F)c5Cl)no4)cc3)C[C@@H]3CC[C@H]2N3)C2CC2)c(Cl)cn1. The van der Waals surface area contributed by atoms with E-state index in [0.717, 1.165) is 73.9 Å². The van der Waals surface area contributed by atoms with Gasteiger partial charge in [-0.2, -0.15) is 0 Å². The van der Waals surface area contributed by atoms with Crippen LogP contribution in [-0.4, -0.2) is 52.8 Å². The zero-order chi connectivity index (χ0) is 34.1. The molecule has 8 nitrogen and oxygen atoms in total. The first-order valence-electron chi connectivity index (χ1n) is 16.8. The predicted octanol–water partition coefficient (Wildman–Crippen LogP) is 7.89. The van der Waals surface area contributed by atoms with Crippen LogP contribution < -0.4 is 10.1 Å². The summed E-state index contributed by atoms with van der Waals surface area (Å²) in [7, 11) is 1.69. The fourth-order valence-corrected chi connectivity index (χ4v) is 7.71. The molecule has 0 spiro atoms. The number of fused-ring (bicyclic) bond motifs is 2. The highest BCUT2D eigenvalue weighted by Crippen LogP contribution is 2.45. The highest BCUT2D eigenvalue weighted by atomic mass is 35.5. The number of aryl methyl sites for hydroxylation is 1. The first-order chi connectivity index (χ1) is 23.8. The lowest BCUT2D eigenvalue weighted by Crippen LogP contribution is -2.52. The van der Waals surface area contributed by atoms with Crippen molar-refractivity contribution in [3.8, 4) is 17.0 Å². The molecular weight excluding hydrogens is 673 g/mol. The predicted molar refractivity (Wildman–Crippen MR) is 181 cm³/mol. The molecule has 0 unspecified atom stereocenters. The van der Waals surface area contributed by atoms with E-state index in [9.17, 15) is 13.6 Å². The molecule has 49 heavy (non-hydrogen) atoms. The maximum Gasteiger partial charge on any atom is 0.228 e. The molecule has 1 saturated carbocycles. The molecule has 3 aliphatic rings. The van der Waals surface area contributed by atoms with Crippen molar-refractivity contribution in [3.05, 3.63) is 99.0 Å². The first kappa shape index (κ1) is 33.9. The molecular formula is C37H38Cl2F2N4O4. The molecule has 4 aromatic rings. The molecule has 3 fully saturated rings. The van der Waals surface area contributed by atoms with Crippen molar-refractivity contribution in [1.82, 2.24) is 20.4 Å². The summed E-state index contributed by atoms with van der Waals surface area (Å²) in [6.45, 7) is 1.16. The van der Waals surface area contributed by atoms with E-state index in [0.29, 0.717) is 35.7 Å². The lowest BCUT2D eigenvalue weighted by molar-refractivity contribution is -0.139. The average Bonchev–Trinajstić information content (AvgIpc) is 3.73. The number of methoxy groups -OCH3 is 1. The second-order valence-corrected chi connectivity index (χ2v) is 14.0. The Balaban J connectivity index is 1.05. The third-order valence-corrected chi connectivity index (χ3v) is 10.6. The normalized spacial score (nSPS) is 21.6. The van der Waals surface area contributed by atoms with Crippen LogP contribution in [0.15, 0.2) is 59.3 Å². The van der Waals surface area contributed by atoms with Gasteiger partial charge in [0.2, 0.25) is 5.91 Å². The highest BCUT2D eigenvalue weighted by Gasteiger charge is 2.48. The Morgan fingerprint density at radius 3 is 2.63 bits per heavy atom. The number of carbonyl (C=O) groups excluding carboxylic acids is 1. The Morgan fingerprint density at radius 2 is 1.86 bits per heavy atom. The van der Waals surface area contributed by atoms with Crippen molar-refractivity contribution in [3.63, 3.8) is 0 Å². The highest BCUT2D eigenvalue weighted by molar-refractivity contribution is 6.33. The van der Waals surface area contributed by atoms with Crippen LogP contribution >= 0.6 is 23.2 Å². The Bertz CT molecular complexity index is 1800. The van der Waals surface area contributed by atoms with Crippen molar-refractivity contribution in [2.45, 2.75) is 82.1 Å². The third-order valence-electron chi connectivity index (χ3n) is 9.90. The van der Waals surface area contributed by atoms with Gasteiger partial charge >= 0.3 is 0 Å². The molecule has 4 atom stereocenters. The summed E-state index contributed by atoms with van der Waals surface area (Å²) >= 11 is 12.6. The van der Waals surface area contributed by atoms with E-state index in [-0.39, 0.29) is 52.7 Å². The van der Waals surface area contributed by atoms with E-state index < -0.39 is 11.6 Å². The number of nitrogens with zero attached hydrogens (tertiary/aromatic N) is 3. The Morgan fingerprint density at radius 1 is 1.06 bits per heavy atom. The van der Waals surface area contributed by atoms with Crippen LogP contribution in [0.3, 0.4) is 0 Å². The zero-order valence-corrected chi connectivity index (χ0v) is 28.7. The van der Waals surface area contributed by atoms with Crippen molar-refractivity contribution >= 4 is 29.1 Å². The van der Waals surface area contributed by atoms with Crippen LogP contribution in [0.5, 0.6) is 5.75 Å². The number of benzene rings is 2. The van der Waals surface area contributed by atoms with E-state index >= 15 is 0 Å². The van der Waals surface area contributed by atoms with Crippen LogP contribution in [0.2, 0.25) is 10.0 Å². The van der Waals surface area contributed by atoms with E-state index in [4.69, 9.17) is 37.2 Å². The zero-order valence-electron chi connectivity index (χ0n) is 27.1. The van der Waals surface area contributed by atoms with E-state index in [2.05, 4.69) is 20.4 Å². The van der Waals surface area contributed by atoms with Gasteiger partial charge in [-0.25, -0.2) is 8.78 Å². The number of hydrogen-bond acceptors (Lipinski definition) is 7. The first-order valence-corrected chi connectivity index (χ1v) is 17.6. The number of aromatic nitrogens is 2. The lowest BCUT2D eigenvalue weighted by atomic mass is 9.76. The molecule has 1 amide bonds. The Kier molecular flexibility index (Phi) is 10.2. The number of carbonyl (C=O) groups is 1. The topological polar surface area (TPSA) is 89.7 Å². The Labute approximate surface area is 294 Å². The third kappa shape index (κ3) is 7.48. The molecule has 2 aromatic carbocycles. The van der Waals surface area contributed by atoms with Gasteiger partial charge in [-0.1, -0.05) is 40.5 Å². The van der Waals surface area contributed by atoms with Gasteiger partial charge in [-0.3, -0.25) is 9.78 Å². The molecule has 1 aliphatic carbocycles. The minimum absolute atomic E-state index is 0.0293. The van der Waals surface area contributed by atoms with E-state index in [1.807, 2.05) is 30.3 Å². The molecule has 2 bridgehead atoms. The number of nitrogens with one attached hydrogen (secondary N) is 1. The van der Waals surface area contributed by atoms with Crippen LogP contribution in [0.4, 0.5) is 8.78 Å². The molecule has 4 heterocycles. The van der Waals surface area contributed by atoms with Gasteiger partial charge in [0.1, 0.15) is 29.7 Å². The Hall–Kier alpha value is -3.57. The summed E-state index contributed by atoms with van der Waals surface area (Å²) in [4.78, 5) is 21.1. The van der Waals surface area contributed by atoms with Gasteiger partial charge in [0.15, 0.2) is 5.76 Å². The quantitative estimate of drug-likeness (QED) is 0.112. The van der Waals surface area contributed by atoms with Crippen LogP contribution in [-0.2, 0) is 29.1 Å². The molecule has 2 saturated heterocycles. The lowest BCUT2D eigenvalue weighted by Gasteiger charge is -2.40. The maximum atomic E-state index is 14.6. The van der Waals surface area contributed by atoms with Gasteiger partial charge in [0.05, 0.1) is 21.5 Å². The van der Waals surface area contributed by atoms with Gasteiger partial charge in [-0.05, 0) is 92.3 Å². The summed E-state index contributed by atoms with van der Waals surface area (Å²) in [6.07, 6.45) is 8.26. The number of rotatable bonds is 13. The number of amides is 1. The van der Waals surface area contributed by atoms with E-state index in [1.54, 1.807) is 13.3 Å². The van der Waals surface area contributed by atoms with Crippen molar-refractivity contribution < 1.29 is 27.6 Å². The summed E-state index contributed by atoms with van der Waals surface area (Å²) < 4.78 is 44.7.